The molecular formula is C19H24O2. The number of aliphatic hydroxyl groups excluding tert-OH is 1. The van der Waals surface area contributed by atoms with Gasteiger partial charge in [-0.2, -0.15) is 0 Å². The van der Waals surface area contributed by atoms with Crippen LogP contribution in [0.3, 0.4) is 0 Å². The van der Waals surface area contributed by atoms with E-state index in [0.717, 1.165) is 16.7 Å². The summed E-state index contributed by atoms with van der Waals surface area (Å²) < 4.78 is 0. The molecule has 0 bridgehead atoms. The first-order valence-electron chi connectivity index (χ1n) is 7.09. The molecule has 0 radical (unpaired) electrons. The number of carbonyl (C=O) groups is 1. The Morgan fingerprint density at radius 2 is 2.10 bits per heavy atom. The highest BCUT2D eigenvalue weighted by atomic mass is 16.3. The van der Waals surface area contributed by atoms with Crippen molar-refractivity contribution < 1.29 is 9.90 Å². The highest BCUT2D eigenvalue weighted by Crippen LogP contribution is 2.38. The van der Waals surface area contributed by atoms with Crippen LogP contribution in [0.2, 0.25) is 0 Å². The van der Waals surface area contributed by atoms with Crippen LogP contribution in [0.1, 0.15) is 41.0 Å². The summed E-state index contributed by atoms with van der Waals surface area (Å²) in [6, 6.07) is 0. The minimum atomic E-state index is -0.786. The standard InChI is InChI=1S/C19H24O2/c1-13(2)18(21)10-8-14(3)7-9-17-15(4)11-16(20)12-19(17,5)6/h7,9,11,18,21H,1,12H2,2-6H3. The van der Waals surface area contributed by atoms with Crippen molar-refractivity contribution in [2.75, 3.05) is 0 Å². The van der Waals surface area contributed by atoms with Gasteiger partial charge in [-0.1, -0.05) is 44.4 Å². The van der Waals surface area contributed by atoms with E-state index in [9.17, 15) is 9.90 Å². The average molecular weight is 284 g/mol. The molecule has 0 aliphatic heterocycles. The second kappa shape index (κ2) is 6.74. The lowest BCUT2D eigenvalue weighted by atomic mass is 9.72. The topological polar surface area (TPSA) is 37.3 Å². The first kappa shape index (κ1) is 17.2. The number of ketones is 1. The Hall–Kier alpha value is -1.85. The third-order valence-electron chi connectivity index (χ3n) is 3.52. The second-order valence-corrected chi connectivity index (χ2v) is 6.30. The third kappa shape index (κ3) is 4.88. The summed E-state index contributed by atoms with van der Waals surface area (Å²) in [6.07, 6.45) is 5.41. The molecule has 21 heavy (non-hydrogen) atoms. The van der Waals surface area contributed by atoms with E-state index < -0.39 is 6.10 Å². The maximum Gasteiger partial charge on any atom is 0.156 e. The summed E-state index contributed by atoms with van der Waals surface area (Å²) in [5, 5.41) is 9.58. The molecule has 0 saturated heterocycles. The zero-order valence-electron chi connectivity index (χ0n) is 13.6. The van der Waals surface area contributed by atoms with Crippen LogP contribution in [0.5, 0.6) is 0 Å². The first-order chi connectivity index (χ1) is 9.63. The number of carbonyl (C=O) groups excluding carboxylic acids is 1. The fourth-order valence-corrected chi connectivity index (χ4v) is 2.35. The monoisotopic (exact) mass is 284 g/mol. The largest absolute Gasteiger partial charge is 0.376 e. The first-order valence-corrected chi connectivity index (χ1v) is 7.09. The minimum Gasteiger partial charge on any atom is -0.376 e. The van der Waals surface area contributed by atoms with Crippen molar-refractivity contribution in [3.8, 4) is 11.8 Å². The average Bonchev–Trinajstić information content (AvgIpc) is 2.33. The Morgan fingerprint density at radius 1 is 1.48 bits per heavy atom. The molecule has 2 nitrogen and oxygen atoms in total. The molecule has 0 heterocycles. The van der Waals surface area contributed by atoms with Gasteiger partial charge >= 0.3 is 0 Å². The fourth-order valence-electron chi connectivity index (χ4n) is 2.35. The van der Waals surface area contributed by atoms with Crippen molar-refractivity contribution >= 4 is 5.78 Å². The molecule has 0 aromatic rings. The predicted octanol–water partition coefficient (Wildman–Crippen LogP) is 3.74. The molecule has 0 aromatic heterocycles. The Morgan fingerprint density at radius 3 is 2.62 bits per heavy atom. The summed E-state index contributed by atoms with van der Waals surface area (Å²) in [5.41, 5.74) is 3.51. The Bertz CT molecular complexity index is 601. The van der Waals surface area contributed by atoms with Gasteiger partial charge in [0.1, 0.15) is 6.10 Å². The maximum absolute atomic E-state index is 11.6. The molecule has 1 unspecified atom stereocenters. The van der Waals surface area contributed by atoms with Gasteiger partial charge < -0.3 is 5.11 Å². The molecule has 0 saturated carbocycles. The van der Waals surface area contributed by atoms with Crippen LogP contribution >= 0.6 is 0 Å². The second-order valence-electron chi connectivity index (χ2n) is 6.30. The van der Waals surface area contributed by atoms with E-state index in [1.165, 1.54) is 0 Å². The molecular weight excluding hydrogens is 260 g/mol. The van der Waals surface area contributed by atoms with Crippen LogP contribution in [-0.2, 0) is 4.79 Å². The number of allylic oxidation sites excluding steroid dienone is 6. The predicted molar refractivity (Wildman–Crippen MR) is 87.6 cm³/mol. The number of rotatable bonds is 2. The molecule has 1 rings (SSSR count). The van der Waals surface area contributed by atoms with Crippen molar-refractivity contribution in [1.82, 2.24) is 0 Å². The summed E-state index contributed by atoms with van der Waals surface area (Å²) in [4.78, 5) is 11.6. The van der Waals surface area contributed by atoms with Gasteiger partial charge in [0.25, 0.3) is 0 Å². The van der Waals surface area contributed by atoms with E-state index in [-0.39, 0.29) is 11.2 Å². The van der Waals surface area contributed by atoms with Crippen molar-refractivity contribution in [3.63, 3.8) is 0 Å². The number of hydrogen-bond acceptors (Lipinski definition) is 2. The van der Waals surface area contributed by atoms with Gasteiger partial charge in [0.15, 0.2) is 5.78 Å². The summed E-state index contributed by atoms with van der Waals surface area (Å²) >= 11 is 0. The van der Waals surface area contributed by atoms with Gasteiger partial charge in [0, 0.05) is 6.42 Å². The van der Waals surface area contributed by atoms with Crippen LogP contribution in [0, 0.1) is 17.3 Å². The Labute approximate surface area is 127 Å². The molecule has 0 spiro atoms. The molecule has 0 aromatic carbocycles. The van der Waals surface area contributed by atoms with Gasteiger partial charge in [-0.15, -0.1) is 0 Å². The zero-order valence-corrected chi connectivity index (χ0v) is 13.6. The lowest BCUT2D eigenvalue weighted by molar-refractivity contribution is -0.116. The number of aliphatic hydroxyl groups is 1. The molecule has 1 N–H and O–H groups in total. The molecule has 0 fully saturated rings. The lowest BCUT2D eigenvalue weighted by Gasteiger charge is -2.31. The van der Waals surface area contributed by atoms with E-state index in [1.807, 2.05) is 26.0 Å². The quantitative estimate of drug-likeness (QED) is 0.619. The summed E-state index contributed by atoms with van der Waals surface area (Å²) in [7, 11) is 0. The lowest BCUT2D eigenvalue weighted by Crippen LogP contribution is -2.24. The van der Waals surface area contributed by atoms with E-state index in [2.05, 4.69) is 32.3 Å². The van der Waals surface area contributed by atoms with Crippen LogP contribution in [0.4, 0.5) is 0 Å². The summed E-state index contributed by atoms with van der Waals surface area (Å²) in [5.74, 6) is 5.85. The van der Waals surface area contributed by atoms with Crippen molar-refractivity contribution in [2.24, 2.45) is 5.41 Å². The number of hydrogen-bond donors (Lipinski definition) is 1. The van der Waals surface area contributed by atoms with Gasteiger partial charge in [0.05, 0.1) is 0 Å². The van der Waals surface area contributed by atoms with Crippen molar-refractivity contribution in [2.45, 2.75) is 47.1 Å². The normalized spacial score (nSPS) is 21.4. The van der Waals surface area contributed by atoms with Gasteiger partial charge in [-0.3, -0.25) is 4.79 Å². The highest BCUT2D eigenvalue weighted by Gasteiger charge is 2.30. The van der Waals surface area contributed by atoms with Gasteiger partial charge in [-0.05, 0) is 54.6 Å². The third-order valence-corrected chi connectivity index (χ3v) is 3.52. The van der Waals surface area contributed by atoms with E-state index >= 15 is 0 Å². The minimum absolute atomic E-state index is 0.155. The van der Waals surface area contributed by atoms with Gasteiger partial charge in [0.2, 0.25) is 0 Å². The van der Waals surface area contributed by atoms with E-state index in [4.69, 9.17) is 0 Å². The fraction of sp³-hybridized carbons (Fsp3) is 0.421. The molecule has 1 aliphatic carbocycles. The smallest absolute Gasteiger partial charge is 0.156 e. The van der Waals surface area contributed by atoms with Crippen molar-refractivity contribution in [1.29, 1.82) is 0 Å². The molecule has 2 heteroatoms. The molecule has 1 atom stereocenters. The highest BCUT2D eigenvalue weighted by molar-refractivity contribution is 5.93. The zero-order chi connectivity index (χ0) is 16.2. The SMILES string of the molecule is C=C(C)C(O)C#CC(C)=CC=C1C(C)=CC(=O)CC1(C)C. The Kier molecular flexibility index (Phi) is 5.52. The van der Waals surface area contributed by atoms with Crippen LogP contribution in [0.15, 0.2) is 47.1 Å². The molecule has 112 valence electrons. The van der Waals surface area contributed by atoms with Crippen LogP contribution in [-0.4, -0.2) is 17.0 Å². The van der Waals surface area contributed by atoms with Gasteiger partial charge in [-0.25, -0.2) is 0 Å². The molecule has 0 amide bonds. The van der Waals surface area contributed by atoms with E-state index in [1.54, 1.807) is 13.0 Å². The Balaban J connectivity index is 3.02. The van der Waals surface area contributed by atoms with Crippen molar-refractivity contribution in [3.05, 3.63) is 47.1 Å². The van der Waals surface area contributed by atoms with Crippen LogP contribution in [0.25, 0.3) is 0 Å². The summed E-state index contributed by atoms with van der Waals surface area (Å²) in [6.45, 7) is 13.4. The van der Waals surface area contributed by atoms with Crippen LogP contribution < -0.4 is 0 Å². The maximum atomic E-state index is 11.6. The van der Waals surface area contributed by atoms with E-state index in [0.29, 0.717) is 12.0 Å². The molecule has 1 aliphatic rings.